The van der Waals surface area contributed by atoms with Crippen LogP contribution in [0.1, 0.15) is 12.5 Å². The highest BCUT2D eigenvalue weighted by atomic mass is 79.9. The Kier molecular flexibility index (Phi) is 3.29. The topological polar surface area (TPSA) is 42.2 Å². The molecule has 0 saturated carbocycles. The zero-order chi connectivity index (χ0) is 11.5. The maximum absolute atomic E-state index is 10.7. The summed E-state index contributed by atoms with van der Waals surface area (Å²) < 4.78 is 6.46. The second-order valence-corrected chi connectivity index (χ2v) is 4.55. The second kappa shape index (κ2) is 4.70. The summed E-state index contributed by atoms with van der Waals surface area (Å²) in [6.07, 6.45) is 2.53. The van der Waals surface area contributed by atoms with Crippen molar-refractivity contribution in [3.63, 3.8) is 0 Å². The van der Waals surface area contributed by atoms with Crippen molar-refractivity contribution >= 4 is 32.8 Å². The summed E-state index contributed by atoms with van der Waals surface area (Å²) in [7, 11) is 0. The Labute approximate surface area is 102 Å². The minimum absolute atomic E-state index is 0.00557. The summed E-state index contributed by atoms with van der Waals surface area (Å²) in [6, 6.07) is 5.91. The zero-order valence-corrected chi connectivity index (χ0v) is 10.5. The average Bonchev–Trinajstić information content (AvgIpc) is 2.60. The van der Waals surface area contributed by atoms with E-state index in [0.29, 0.717) is 6.54 Å². The maximum Gasteiger partial charge on any atom is 0.216 e. The molecule has 0 unspecified atom stereocenters. The van der Waals surface area contributed by atoms with Gasteiger partial charge in [0, 0.05) is 23.3 Å². The van der Waals surface area contributed by atoms with Crippen LogP contribution >= 0.6 is 15.9 Å². The number of hydrogen-bond donors (Lipinski definition) is 1. The molecule has 3 nitrogen and oxygen atoms in total. The molecule has 0 radical (unpaired) electrons. The molecule has 0 bridgehead atoms. The van der Waals surface area contributed by atoms with Gasteiger partial charge in [0.15, 0.2) is 0 Å². The molecule has 1 aromatic heterocycles. The summed E-state index contributed by atoms with van der Waals surface area (Å²) in [4.78, 5) is 10.7. The molecular formula is C12H12BrNO2. The van der Waals surface area contributed by atoms with E-state index in [0.717, 1.165) is 27.4 Å². The number of furan rings is 1. The van der Waals surface area contributed by atoms with Gasteiger partial charge < -0.3 is 9.73 Å². The van der Waals surface area contributed by atoms with Gasteiger partial charge in [-0.05, 0) is 30.2 Å². The van der Waals surface area contributed by atoms with Crippen molar-refractivity contribution in [2.45, 2.75) is 13.3 Å². The van der Waals surface area contributed by atoms with Crippen LogP contribution in [0.15, 0.2) is 33.4 Å². The molecule has 0 spiro atoms. The molecule has 16 heavy (non-hydrogen) atoms. The number of amides is 1. The minimum Gasteiger partial charge on any atom is -0.464 e. The fourth-order valence-electron chi connectivity index (χ4n) is 1.62. The largest absolute Gasteiger partial charge is 0.464 e. The number of carbonyl (C=O) groups is 1. The number of fused-ring (bicyclic) bond motifs is 1. The molecule has 84 valence electrons. The SMILES string of the molecule is CC(=O)NCCc1coc2ccc(Br)cc12. The summed E-state index contributed by atoms with van der Waals surface area (Å²) in [6.45, 7) is 2.15. The molecule has 0 saturated heterocycles. The van der Waals surface area contributed by atoms with Crippen LogP contribution in [-0.4, -0.2) is 12.5 Å². The van der Waals surface area contributed by atoms with Crippen LogP contribution < -0.4 is 5.32 Å². The molecule has 2 aromatic rings. The quantitative estimate of drug-likeness (QED) is 0.940. The molecule has 0 aliphatic carbocycles. The summed E-state index contributed by atoms with van der Waals surface area (Å²) in [5.41, 5.74) is 1.99. The molecular weight excluding hydrogens is 270 g/mol. The van der Waals surface area contributed by atoms with Gasteiger partial charge in [-0.1, -0.05) is 15.9 Å². The highest BCUT2D eigenvalue weighted by Gasteiger charge is 2.06. The van der Waals surface area contributed by atoms with Crippen molar-refractivity contribution in [1.29, 1.82) is 0 Å². The number of nitrogens with one attached hydrogen (secondary N) is 1. The van der Waals surface area contributed by atoms with Crippen molar-refractivity contribution < 1.29 is 9.21 Å². The number of hydrogen-bond acceptors (Lipinski definition) is 2. The van der Waals surface area contributed by atoms with E-state index in [1.54, 1.807) is 6.26 Å². The Morgan fingerprint density at radius 3 is 3.06 bits per heavy atom. The molecule has 1 aromatic carbocycles. The van der Waals surface area contributed by atoms with Crippen molar-refractivity contribution in [3.8, 4) is 0 Å². The predicted molar refractivity (Wildman–Crippen MR) is 66.3 cm³/mol. The fraction of sp³-hybridized carbons (Fsp3) is 0.250. The van der Waals surface area contributed by atoms with E-state index in [1.807, 2.05) is 18.2 Å². The molecule has 1 amide bonds. The van der Waals surface area contributed by atoms with Crippen molar-refractivity contribution in [2.24, 2.45) is 0 Å². The van der Waals surface area contributed by atoms with Crippen LogP contribution in [0.3, 0.4) is 0 Å². The van der Waals surface area contributed by atoms with Gasteiger partial charge in [-0.2, -0.15) is 0 Å². The zero-order valence-electron chi connectivity index (χ0n) is 8.92. The smallest absolute Gasteiger partial charge is 0.216 e. The van der Waals surface area contributed by atoms with Gasteiger partial charge in [0.05, 0.1) is 6.26 Å². The van der Waals surface area contributed by atoms with Crippen LogP contribution in [0.2, 0.25) is 0 Å². The molecule has 0 aliphatic heterocycles. The van der Waals surface area contributed by atoms with Crippen LogP contribution in [0, 0.1) is 0 Å². The van der Waals surface area contributed by atoms with Gasteiger partial charge in [0.1, 0.15) is 5.58 Å². The Balaban J connectivity index is 2.17. The normalized spacial score (nSPS) is 10.6. The lowest BCUT2D eigenvalue weighted by Gasteiger charge is -2.00. The lowest BCUT2D eigenvalue weighted by Crippen LogP contribution is -2.22. The van der Waals surface area contributed by atoms with Gasteiger partial charge in [0.25, 0.3) is 0 Å². The third-order valence-electron chi connectivity index (χ3n) is 2.38. The molecule has 2 rings (SSSR count). The maximum atomic E-state index is 10.7. The summed E-state index contributed by atoms with van der Waals surface area (Å²) >= 11 is 3.43. The van der Waals surface area contributed by atoms with Crippen molar-refractivity contribution in [2.75, 3.05) is 6.54 Å². The standard InChI is InChI=1S/C12H12BrNO2/c1-8(15)14-5-4-9-7-16-12-3-2-10(13)6-11(9)12/h2-3,6-7H,4-5H2,1H3,(H,14,15). The molecule has 0 fully saturated rings. The first kappa shape index (κ1) is 11.2. The Morgan fingerprint density at radius 2 is 2.31 bits per heavy atom. The van der Waals surface area contributed by atoms with E-state index >= 15 is 0 Å². The van der Waals surface area contributed by atoms with E-state index in [-0.39, 0.29) is 5.91 Å². The van der Waals surface area contributed by atoms with Gasteiger partial charge in [-0.3, -0.25) is 4.79 Å². The number of benzene rings is 1. The van der Waals surface area contributed by atoms with Crippen LogP contribution in [0.25, 0.3) is 11.0 Å². The monoisotopic (exact) mass is 281 g/mol. The van der Waals surface area contributed by atoms with Crippen molar-refractivity contribution in [1.82, 2.24) is 5.32 Å². The first-order chi connectivity index (χ1) is 7.66. The van der Waals surface area contributed by atoms with E-state index in [9.17, 15) is 4.79 Å². The highest BCUT2D eigenvalue weighted by molar-refractivity contribution is 9.10. The van der Waals surface area contributed by atoms with E-state index < -0.39 is 0 Å². The van der Waals surface area contributed by atoms with E-state index in [2.05, 4.69) is 21.2 Å². The molecule has 4 heteroatoms. The van der Waals surface area contributed by atoms with Gasteiger partial charge in [0.2, 0.25) is 5.91 Å². The first-order valence-corrected chi connectivity index (χ1v) is 5.86. The summed E-state index contributed by atoms with van der Waals surface area (Å²) in [5.74, 6) is -0.00557. The minimum atomic E-state index is -0.00557. The predicted octanol–water partition coefficient (Wildman–Crippen LogP) is 2.87. The van der Waals surface area contributed by atoms with E-state index in [1.165, 1.54) is 6.92 Å². The second-order valence-electron chi connectivity index (χ2n) is 3.63. The van der Waals surface area contributed by atoms with Gasteiger partial charge in [-0.25, -0.2) is 0 Å². The Hall–Kier alpha value is -1.29. The third kappa shape index (κ3) is 2.44. The molecule has 1 N–H and O–H groups in total. The van der Waals surface area contributed by atoms with Gasteiger partial charge >= 0.3 is 0 Å². The number of halogens is 1. The highest BCUT2D eigenvalue weighted by Crippen LogP contribution is 2.24. The Bertz CT molecular complexity index is 519. The number of rotatable bonds is 3. The van der Waals surface area contributed by atoms with E-state index in [4.69, 9.17) is 4.42 Å². The van der Waals surface area contributed by atoms with Crippen LogP contribution in [0.4, 0.5) is 0 Å². The van der Waals surface area contributed by atoms with Crippen LogP contribution in [0.5, 0.6) is 0 Å². The van der Waals surface area contributed by atoms with Crippen LogP contribution in [-0.2, 0) is 11.2 Å². The lowest BCUT2D eigenvalue weighted by molar-refractivity contribution is -0.118. The lowest BCUT2D eigenvalue weighted by atomic mass is 10.1. The van der Waals surface area contributed by atoms with Crippen molar-refractivity contribution in [3.05, 3.63) is 34.5 Å². The number of carbonyl (C=O) groups excluding carboxylic acids is 1. The van der Waals surface area contributed by atoms with Gasteiger partial charge in [-0.15, -0.1) is 0 Å². The summed E-state index contributed by atoms with van der Waals surface area (Å²) in [5, 5.41) is 3.87. The fourth-order valence-corrected chi connectivity index (χ4v) is 1.98. The Morgan fingerprint density at radius 1 is 1.50 bits per heavy atom. The first-order valence-electron chi connectivity index (χ1n) is 5.07. The third-order valence-corrected chi connectivity index (χ3v) is 2.88. The average molecular weight is 282 g/mol. The molecule has 1 heterocycles. The molecule has 0 aliphatic rings. The molecule has 0 atom stereocenters.